The highest BCUT2D eigenvalue weighted by Gasteiger charge is 2.13. The molecule has 76 valence electrons. The molecule has 0 fully saturated rings. The third-order valence-electron chi connectivity index (χ3n) is 1.50. The highest BCUT2D eigenvalue weighted by Crippen LogP contribution is 2.06. The summed E-state index contributed by atoms with van der Waals surface area (Å²) in [4.78, 5) is 26.2. The summed E-state index contributed by atoms with van der Waals surface area (Å²) in [6, 6.07) is -0.998. The number of hydrogen-bond acceptors (Lipinski definition) is 4. The molecule has 0 amide bonds. The number of H-pyrrole nitrogens is 1. The van der Waals surface area contributed by atoms with Gasteiger partial charge in [0.2, 0.25) is 0 Å². The molecule has 0 radical (unpaired) electrons. The molecular formula is C7H8FN3O3. The Morgan fingerprint density at radius 2 is 2.43 bits per heavy atom. The molecule has 0 aliphatic carbocycles. The predicted octanol–water partition coefficient (Wildman–Crippen LogP) is -0.206. The van der Waals surface area contributed by atoms with Gasteiger partial charge in [0.05, 0.1) is 6.20 Å². The maximum absolute atomic E-state index is 12.9. The van der Waals surface area contributed by atoms with Crippen LogP contribution in [0, 0.1) is 5.82 Å². The van der Waals surface area contributed by atoms with Gasteiger partial charge in [0.1, 0.15) is 11.9 Å². The molecule has 14 heavy (non-hydrogen) atoms. The zero-order valence-corrected chi connectivity index (χ0v) is 7.24. The topological polar surface area (TPSA) is 95.1 Å². The number of halogens is 1. The van der Waals surface area contributed by atoms with Crippen molar-refractivity contribution in [1.29, 1.82) is 0 Å². The van der Waals surface area contributed by atoms with E-state index in [1.54, 1.807) is 0 Å². The van der Waals surface area contributed by atoms with E-state index in [9.17, 15) is 14.0 Å². The number of aromatic amines is 1. The minimum Gasteiger partial charge on any atom is -0.480 e. The van der Waals surface area contributed by atoms with Crippen molar-refractivity contribution in [1.82, 2.24) is 9.97 Å². The smallest absolute Gasteiger partial charge is 0.346 e. The highest BCUT2D eigenvalue weighted by molar-refractivity contribution is 5.76. The zero-order valence-electron chi connectivity index (χ0n) is 7.24. The van der Waals surface area contributed by atoms with Crippen LogP contribution in [0.25, 0.3) is 0 Å². The number of carboxylic acids is 1. The Kier molecular flexibility index (Phi) is 2.80. The molecule has 0 aromatic carbocycles. The van der Waals surface area contributed by atoms with Gasteiger partial charge in [-0.05, 0) is 6.92 Å². The molecular weight excluding hydrogens is 193 g/mol. The van der Waals surface area contributed by atoms with Gasteiger partial charge in [-0.3, -0.25) is 9.78 Å². The van der Waals surface area contributed by atoms with Crippen molar-refractivity contribution in [2.24, 2.45) is 0 Å². The van der Waals surface area contributed by atoms with Crippen LogP contribution in [0.15, 0.2) is 11.0 Å². The third kappa shape index (κ3) is 2.28. The van der Waals surface area contributed by atoms with E-state index < -0.39 is 23.5 Å². The summed E-state index contributed by atoms with van der Waals surface area (Å²) >= 11 is 0. The first-order valence-electron chi connectivity index (χ1n) is 3.75. The zero-order chi connectivity index (χ0) is 10.7. The molecule has 3 N–H and O–H groups in total. The number of anilines is 1. The third-order valence-corrected chi connectivity index (χ3v) is 1.50. The van der Waals surface area contributed by atoms with Crippen LogP contribution in [-0.2, 0) is 4.79 Å². The number of hydrogen-bond donors (Lipinski definition) is 3. The molecule has 0 bridgehead atoms. The van der Waals surface area contributed by atoms with Crippen molar-refractivity contribution in [3.8, 4) is 0 Å². The van der Waals surface area contributed by atoms with E-state index >= 15 is 0 Å². The van der Waals surface area contributed by atoms with Crippen LogP contribution in [0.4, 0.5) is 10.2 Å². The minimum absolute atomic E-state index is 0.278. The van der Waals surface area contributed by atoms with Crippen molar-refractivity contribution in [2.75, 3.05) is 5.32 Å². The lowest BCUT2D eigenvalue weighted by Crippen LogP contribution is -2.28. The van der Waals surface area contributed by atoms with Gasteiger partial charge in [0.15, 0.2) is 5.82 Å². The maximum Gasteiger partial charge on any atom is 0.346 e. The normalized spacial score (nSPS) is 12.1. The summed E-state index contributed by atoms with van der Waals surface area (Å²) in [6.07, 6.45) is 0.718. The molecule has 7 heteroatoms. The van der Waals surface area contributed by atoms with E-state index in [1.165, 1.54) is 6.92 Å². The van der Waals surface area contributed by atoms with Gasteiger partial charge in [-0.1, -0.05) is 0 Å². The van der Waals surface area contributed by atoms with Crippen LogP contribution in [0.3, 0.4) is 0 Å². The van der Waals surface area contributed by atoms with E-state index in [-0.39, 0.29) is 5.82 Å². The van der Waals surface area contributed by atoms with Crippen molar-refractivity contribution >= 4 is 11.8 Å². The quantitative estimate of drug-likeness (QED) is 0.629. The van der Waals surface area contributed by atoms with Gasteiger partial charge >= 0.3 is 11.7 Å². The van der Waals surface area contributed by atoms with Gasteiger partial charge in [0, 0.05) is 0 Å². The molecule has 1 rings (SSSR count). The lowest BCUT2D eigenvalue weighted by Gasteiger charge is -2.09. The van der Waals surface area contributed by atoms with Gasteiger partial charge in [0.25, 0.3) is 0 Å². The monoisotopic (exact) mass is 201 g/mol. The van der Waals surface area contributed by atoms with E-state index in [4.69, 9.17) is 5.11 Å². The number of aromatic nitrogens is 2. The van der Waals surface area contributed by atoms with Crippen LogP contribution >= 0.6 is 0 Å². The average molecular weight is 201 g/mol. The fourth-order valence-corrected chi connectivity index (χ4v) is 0.762. The summed E-state index contributed by atoms with van der Waals surface area (Å²) in [5, 5.41) is 10.8. The summed E-state index contributed by atoms with van der Waals surface area (Å²) in [5.74, 6) is -2.24. The molecule has 0 unspecified atom stereocenters. The first-order chi connectivity index (χ1) is 6.50. The second-order valence-electron chi connectivity index (χ2n) is 2.62. The number of rotatable bonds is 3. The molecule has 6 nitrogen and oxygen atoms in total. The number of aliphatic carboxylic acids is 1. The lowest BCUT2D eigenvalue weighted by atomic mass is 10.3. The largest absolute Gasteiger partial charge is 0.480 e. The van der Waals surface area contributed by atoms with Crippen molar-refractivity contribution in [3.05, 3.63) is 22.5 Å². The van der Waals surface area contributed by atoms with Crippen LogP contribution in [-0.4, -0.2) is 27.1 Å². The highest BCUT2D eigenvalue weighted by atomic mass is 19.1. The molecule has 1 aromatic rings. The van der Waals surface area contributed by atoms with E-state index in [0.29, 0.717) is 0 Å². The average Bonchev–Trinajstić information content (AvgIpc) is 2.11. The number of carbonyl (C=O) groups is 1. The standard InChI is InChI=1S/C7H8FN3O3/c1-3(6(12)13)10-5-4(8)2-9-7(14)11-5/h2-3H,1H3,(H,12,13)(H2,9,10,11,14)/t3-/m0/s1. The van der Waals surface area contributed by atoms with Gasteiger partial charge in [-0.15, -0.1) is 0 Å². The number of nitrogens with one attached hydrogen (secondary N) is 2. The van der Waals surface area contributed by atoms with Crippen LogP contribution < -0.4 is 11.0 Å². The van der Waals surface area contributed by atoms with Crippen LogP contribution in [0.5, 0.6) is 0 Å². The lowest BCUT2D eigenvalue weighted by molar-refractivity contribution is -0.137. The fraction of sp³-hybridized carbons (Fsp3) is 0.286. The minimum atomic E-state index is -1.15. The van der Waals surface area contributed by atoms with Crippen molar-refractivity contribution in [2.45, 2.75) is 13.0 Å². The van der Waals surface area contributed by atoms with Gasteiger partial charge < -0.3 is 10.4 Å². The number of nitrogens with zero attached hydrogens (tertiary/aromatic N) is 1. The molecule has 0 saturated carbocycles. The fourth-order valence-electron chi connectivity index (χ4n) is 0.762. The summed E-state index contributed by atoms with van der Waals surface area (Å²) in [7, 11) is 0. The Bertz CT molecular complexity index is 403. The Morgan fingerprint density at radius 3 is 3.00 bits per heavy atom. The van der Waals surface area contributed by atoms with Crippen molar-refractivity contribution in [3.63, 3.8) is 0 Å². The van der Waals surface area contributed by atoms with Crippen LogP contribution in [0.2, 0.25) is 0 Å². The van der Waals surface area contributed by atoms with Gasteiger partial charge in [-0.25, -0.2) is 9.18 Å². The van der Waals surface area contributed by atoms with Crippen molar-refractivity contribution < 1.29 is 14.3 Å². The van der Waals surface area contributed by atoms with Crippen LogP contribution in [0.1, 0.15) is 6.92 Å². The molecule has 0 aliphatic rings. The SMILES string of the molecule is C[C@H](Nc1[nH]c(=O)ncc1F)C(=O)O. The molecule has 1 heterocycles. The molecule has 1 aromatic heterocycles. The molecule has 1 atom stereocenters. The first kappa shape index (κ1) is 10.2. The first-order valence-corrected chi connectivity index (χ1v) is 3.75. The molecule has 0 saturated heterocycles. The van der Waals surface area contributed by atoms with E-state index in [1.807, 2.05) is 4.98 Å². The second kappa shape index (κ2) is 3.86. The van der Waals surface area contributed by atoms with Gasteiger partial charge in [-0.2, -0.15) is 4.98 Å². The number of carboxylic acid groups (broad SMARTS) is 1. The maximum atomic E-state index is 12.9. The summed E-state index contributed by atoms with van der Waals surface area (Å²) < 4.78 is 12.9. The molecule has 0 aliphatic heterocycles. The molecule has 0 spiro atoms. The second-order valence-corrected chi connectivity index (χ2v) is 2.62. The predicted molar refractivity (Wildman–Crippen MR) is 45.5 cm³/mol. The Labute approximate surface area is 77.8 Å². The van der Waals surface area contributed by atoms with E-state index in [2.05, 4.69) is 10.3 Å². The Morgan fingerprint density at radius 1 is 1.79 bits per heavy atom. The van der Waals surface area contributed by atoms with E-state index in [0.717, 1.165) is 6.20 Å². The summed E-state index contributed by atoms with van der Waals surface area (Å²) in [5.41, 5.74) is -0.744. The summed E-state index contributed by atoms with van der Waals surface area (Å²) in [6.45, 7) is 1.32. The Balaban J connectivity index is 2.91. The Hall–Kier alpha value is -1.92.